The largest absolute Gasteiger partial charge is 0.186 e. The highest BCUT2D eigenvalue weighted by Gasteiger charge is 2.28. The molecule has 0 aliphatic heterocycles. The smallest absolute Gasteiger partial charge is 0.118 e. The van der Waals surface area contributed by atoms with Crippen molar-refractivity contribution in [2.75, 3.05) is 11.5 Å². The normalized spacial score (nSPS) is 13.8. The molecule has 0 saturated carbocycles. The van der Waals surface area contributed by atoms with Crippen LogP contribution in [0.4, 0.5) is 0 Å². The van der Waals surface area contributed by atoms with E-state index >= 15 is 0 Å². The fourth-order valence-corrected chi connectivity index (χ4v) is 4.05. The van der Waals surface area contributed by atoms with Gasteiger partial charge in [0.05, 0.1) is 0 Å². The van der Waals surface area contributed by atoms with Gasteiger partial charge in [-0.2, -0.15) is 5.26 Å². The van der Waals surface area contributed by atoms with Gasteiger partial charge in [-0.25, -0.2) is 0 Å². The molecule has 0 radical (unpaired) electrons. The molecule has 0 atom stereocenters. The average molecular weight is 239 g/mol. The highest BCUT2D eigenvalue weighted by Crippen LogP contribution is 2.30. The predicted molar refractivity (Wildman–Crippen MR) is 71.6 cm³/mol. The third-order valence-corrected chi connectivity index (χ3v) is 9.06. The molecule has 1 nitrogen and oxygen atoms in total. The van der Waals surface area contributed by atoms with E-state index in [0.717, 1.165) is 17.3 Å². The highest BCUT2D eigenvalue weighted by atomic mass is 32.9. The Morgan fingerprint density at radius 2 is 1.73 bits per heavy atom. The number of hydrogen-bond donors (Lipinski definition) is 0. The first-order chi connectivity index (χ1) is 7.06. The topological polar surface area (TPSA) is 23.8 Å². The van der Waals surface area contributed by atoms with Crippen LogP contribution in [-0.4, -0.2) is 11.5 Å². The number of hydrogen-bond acceptors (Lipinski definition) is 2. The maximum Gasteiger partial charge on any atom is 0.118 e. The van der Waals surface area contributed by atoms with Crippen LogP contribution in [0.5, 0.6) is 0 Å². The number of nitriles is 1. The summed E-state index contributed by atoms with van der Waals surface area (Å²) in [4.78, 5) is 0. The summed E-state index contributed by atoms with van der Waals surface area (Å²) in [7, 11) is -2.28. The van der Waals surface area contributed by atoms with Crippen molar-refractivity contribution in [3.8, 4) is 5.40 Å². The van der Waals surface area contributed by atoms with Crippen LogP contribution >= 0.6 is 0 Å². The van der Waals surface area contributed by atoms with Gasteiger partial charge in [0.15, 0.2) is 0 Å². The van der Waals surface area contributed by atoms with Crippen LogP contribution in [0.1, 0.15) is 19.4 Å². The Balaban J connectivity index is 3.08. The van der Waals surface area contributed by atoms with Crippen LogP contribution in [0, 0.1) is 10.7 Å². The molecule has 0 aliphatic rings. The molecular formula is C12H17NS2. The van der Waals surface area contributed by atoms with Gasteiger partial charge >= 0.3 is 0 Å². The molecule has 0 saturated heterocycles. The fraction of sp³-hybridized carbons (Fsp3) is 0.417. The monoisotopic (exact) mass is 239 g/mol. The van der Waals surface area contributed by atoms with Crippen LogP contribution in [0.25, 0.3) is 0 Å². The van der Waals surface area contributed by atoms with Crippen LogP contribution in [-0.2, 0) is 24.7 Å². The Hall–Kier alpha value is -0.720. The Kier molecular flexibility index (Phi) is 3.64. The summed E-state index contributed by atoms with van der Waals surface area (Å²) in [5.41, 5.74) is 1.19. The molecule has 3 heteroatoms. The van der Waals surface area contributed by atoms with E-state index in [4.69, 9.17) is 11.2 Å². The summed E-state index contributed by atoms with van der Waals surface area (Å²) in [6.45, 7) is 4.09. The quantitative estimate of drug-likeness (QED) is 0.754. The van der Waals surface area contributed by atoms with Crippen molar-refractivity contribution in [1.29, 1.82) is 5.26 Å². The summed E-state index contributed by atoms with van der Waals surface area (Å²) in [6, 6.07) is 10.1. The molecule has 1 aromatic rings. The van der Waals surface area contributed by atoms with Gasteiger partial charge in [-0.05, 0) is 17.1 Å². The fourth-order valence-electron chi connectivity index (χ4n) is 1.53. The van der Waals surface area contributed by atoms with E-state index in [2.05, 4.69) is 17.5 Å². The molecule has 0 bridgehead atoms. The van der Waals surface area contributed by atoms with Gasteiger partial charge in [-0.3, -0.25) is 0 Å². The summed E-state index contributed by atoms with van der Waals surface area (Å²) in [5, 5.41) is 11.9. The molecular weight excluding hydrogens is 222 g/mol. The van der Waals surface area contributed by atoms with Gasteiger partial charge in [-0.1, -0.05) is 55.4 Å². The van der Waals surface area contributed by atoms with Gasteiger partial charge in [0.1, 0.15) is 5.40 Å². The lowest BCUT2D eigenvalue weighted by molar-refractivity contribution is 1.30. The zero-order chi connectivity index (χ0) is 11.4. The second-order valence-electron chi connectivity index (χ2n) is 3.78. The third-order valence-electron chi connectivity index (χ3n) is 2.92. The molecule has 0 amide bonds. The minimum absolute atomic E-state index is 0.761. The third kappa shape index (κ3) is 2.64. The van der Waals surface area contributed by atoms with Gasteiger partial charge in [0.25, 0.3) is 0 Å². The number of nitrogens with zero attached hydrogens (tertiary/aromatic N) is 1. The number of rotatable bonds is 4. The van der Waals surface area contributed by atoms with Crippen molar-refractivity contribution in [1.82, 2.24) is 0 Å². The summed E-state index contributed by atoms with van der Waals surface area (Å²) >= 11 is 5.70. The summed E-state index contributed by atoms with van der Waals surface area (Å²) in [5.74, 6) is 2.39. The van der Waals surface area contributed by atoms with E-state index in [1.807, 2.05) is 32.0 Å². The molecule has 0 spiro atoms. The Morgan fingerprint density at radius 3 is 2.13 bits per heavy atom. The maximum atomic E-state index is 9.39. The molecule has 0 heterocycles. The van der Waals surface area contributed by atoms with Gasteiger partial charge in [0.2, 0.25) is 0 Å². The van der Waals surface area contributed by atoms with Crippen molar-refractivity contribution < 1.29 is 0 Å². The van der Waals surface area contributed by atoms with Crippen LogP contribution in [0.3, 0.4) is 0 Å². The zero-order valence-corrected chi connectivity index (χ0v) is 10.9. The lowest BCUT2D eigenvalue weighted by atomic mass is 10.2. The molecule has 0 N–H and O–H groups in total. The predicted octanol–water partition coefficient (Wildman–Crippen LogP) is 2.86. The minimum atomic E-state index is -2.28. The van der Waals surface area contributed by atoms with Crippen LogP contribution < -0.4 is 0 Å². The Bertz CT molecular complexity index is 421. The minimum Gasteiger partial charge on any atom is -0.186 e. The van der Waals surface area contributed by atoms with E-state index in [9.17, 15) is 5.26 Å². The van der Waals surface area contributed by atoms with Crippen molar-refractivity contribution in [3.05, 3.63) is 35.9 Å². The Labute approximate surface area is 96.7 Å². The standard InChI is InChI=1S/C12H17NS2/c1-3-15(14,4-2,11-13)10-12-8-6-5-7-9-12/h5-9H,3-4,10H2,1-2H3. The molecule has 0 aliphatic carbocycles. The molecule has 15 heavy (non-hydrogen) atoms. The second-order valence-corrected chi connectivity index (χ2v) is 11.0. The first-order valence-corrected chi connectivity index (χ1v) is 8.61. The first kappa shape index (κ1) is 12.4. The van der Waals surface area contributed by atoms with E-state index in [1.54, 1.807) is 0 Å². The summed E-state index contributed by atoms with van der Waals surface area (Å²) < 4.78 is 0. The van der Waals surface area contributed by atoms with E-state index in [-0.39, 0.29) is 0 Å². The average Bonchev–Trinajstić information content (AvgIpc) is 2.31. The van der Waals surface area contributed by atoms with Crippen molar-refractivity contribution in [2.45, 2.75) is 19.6 Å². The summed E-state index contributed by atoms with van der Waals surface area (Å²) in [6.07, 6.45) is 0. The number of thiocyanates is 1. The van der Waals surface area contributed by atoms with E-state index in [1.165, 1.54) is 5.56 Å². The van der Waals surface area contributed by atoms with Gasteiger partial charge in [-0.15, -0.1) is 7.72 Å². The highest BCUT2D eigenvalue weighted by molar-refractivity contribution is 8.54. The lowest BCUT2D eigenvalue weighted by Crippen LogP contribution is -2.36. The van der Waals surface area contributed by atoms with Crippen molar-refractivity contribution >= 4 is 18.9 Å². The van der Waals surface area contributed by atoms with Crippen LogP contribution in [0.2, 0.25) is 0 Å². The van der Waals surface area contributed by atoms with Crippen LogP contribution in [0.15, 0.2) is 30.3 Å². The zero-order valence-electron chi connectivity index (χ0n) is 9.27. The molecule has 1 rings (SSSR count). The van der Waals surface area contributed by atoms with Gasteiger partial charge < -0.3 is 0 Å². The second kappa shape index (κ2) is 4.42. The van der Waals surface area contributed by atoms with Crippen molar-refractivity contribution in [2.24, 2.45) is 0 Å². The van der Waals surface area contributed by atoms with Crippen molar-refractivity contribution in [3.63, 3.8) is 0 Å². The first-order valence-electron chi connectivity index (χ1n) is 5.14. The molecule has 0 fully saturated rings. The maximum absolute atomic E-state index is 9.39. The van der Waals surface area contributed by atoms with E-state index < -0.39 is 7.72 Å². The SMILES string of the molecule is CCS(=S)(C#N)(CC)Cc1ccccc1. The Morgan fingerprint density at radius 1 is 1.20 bits per heavy atom. The molecule has 0 unspecified atom stereocenters. The van der Waals surface area contributed by atoms with Gasteiger partial charge in [0, 0.05) is 5.75 Å². The number of benzene rings is 1. The molecule has 0 aromatic heterocycles. The molecule has 1 aromatic carbocycles. The lowest BCUT2D eigenvalue weighted by Gasteiger charge is -2.36. The molecule has 82 valence electrons. The van der Waals surface area contributed by atoms with E-state index in [0.29, 0.717) is 0 Å².